The summed E-state index contributed by atoms with van der Waals surface area (Å²) in [5.74, 6) is 1.65. The lowest BCUT2D eigenvalue weighted by Gasteiger charge is -2.29. The predicted octanol–water partition coefficient (Wildman–Crippen LogP) is 5.77. The van der Waals surface area contributed by atoms with Gasteiger partial charge in [0.2, 0.25) is 11.8 Å². The summed E-state index contributed by atoms with van der Waals surface area (Å²) >= 11 is 0. The largest absolute Gasteiger partial charge is 0.337 e. The molecule has 2 heterocycles. The number of benzene rings is 2. The fourth-order valence-corrected chi connectivity index (χ4v) is 7.00. The number of nitrogens with zero attached hydrogens (tertiary/aromatic N) is 4. The average Bonchev–Trinajstić information content (AvgIpc) is 3.72. The van der Waals surface area contributed by atoms with Crippen molar-refractivity contribution in [3.8, 4) is 11.1 Å². The smallest absolute Gasteiger partial charge is 0.226 e. The van der Waals surface area contributed by atoms with Crippen LogP contribution in [-0.4, -0.2) is 52.8 Å². The molecule has 2 fully saturated rings. The molecule has 0 spiro atoms. The zero-order valence-corrected chi connectivity index (χ0v) is 23.5. The van der Waals surface area contributed by atoms with Gasteiger partial charge >= 0.3 is 0 Å². The molecule has 2 amide bonds. The molecule has 6 nitrogen and oxygen atoms in total. The Morgan fingerprint density at radius 2 is 1.65 bits per heavy atom. The van der Waals surface area contributed by atoms with Crippen LogP contribution in [0.4, 0.5) is 5.69 Å². The highest BCUT2D eigenvalue weighted by molar-refractivity contribution is 5.93. The second-order valence-electron chi connectivity index (χ2n) is 11.8. The van der Waals surface area contributed by atoms with Gasteiger partial charge in [0.25, 0.3) is 0 Å². The van der Waals surface area contributed by atoms with E-state index in [-0.39, 0.29) is 11.8 Å². The first-order chi connectivity index (χ1) is 19.6. The second kappa shape index (κ2) is 11.9. The molecule has 3 aromatic rings. The van der Waals surface area contributed by atoms with Crippen LogP contribution in [0, 0.1) is 17.8 Å². The van der Waals surface area contributed by atoms with Crippen molar-refractivity contribution < 1.29 is 9.59 Å². The van der Waals surface area contributed by atoms with Crippen molar-refractivity contribution in [2.45, 2.75) is 52.1 Å². The maximum Gasteiger partial charge on any atom is 0.226 e. The number of carbonyl (C=O) groups is 2. The molecule has 1 aromatic heterocycles. The quantitative estimate of drug-likeness (QED) is 0.425. The third kappa shape index (κ3) is 5.83. The summed E-state index contributed by atoms with van der Waals surface area (Å²) < 4.78 is 0. The van der Waals surface area contributed by atoms with Crippen LogP contribution in [0.2, 0.25) is 0 Å². The van der Waals surface area contributed by atoms with Crippen LogP contribution in [0.3, 0.4) is 0 Å². The second-order valence-corrected chi connectivity index (χ2v) is 11.8. The lowest BCUT2D eigenvalue weighted by molar-refractivity contribution is -0.134. The Bertz CT molecular complexity index is 1320. The summed E-state index contributed by atoms with van der Waals surface area (Å²) in [7, 11) is 0. The molecular formula is C34H40N4O2. The van der Waals surface area contributed by atoms with Crippen molar-refractivity contribution in [1.82, 2.24) is 14.8 Å². The van der Waals surface area contributed by atoms with Gasteiger partial charge < -0.3 is 9.80 Å². The topological polar surface area (TPSA) is 56.8 Å². The first-order valence-electron chi connectivity index (χ1n) is 14.9. The van der Waals surface area contributed by atoms with Crippen LogP contribution in [-0.2, 0) is 22.7 Å². The van der Waals surface area contributed by atoms with E-state index in [4.69, 9.17) is 0 Å². The number of carbonyl (C=O) groups excluding carboxylic acids is 2. The van der Waals surface area contributed by atoms with E-state index in [1.807, 2.05) is 23.2 Å². The molecule has 2 aliphatic carbocycles. The Morgan fingerprint density at radius 1 is 0.850 bits per heavy atom. The van der Waals surface area contributed by atoms with Crippen LogP contribution in [0.1, 0.15) is 50.2 Å². The lowest BCUT2D eigenvalue weighted by Crippen LogP contribution is -2.39. The lowest BCUT2D eigenvalue weighted by atomic mass is 10.0. The Morgan fingerprint density at radius 3 is 2.38 bits per heavy atom. The van der Waals surface area contributed by atoms with Crippen LogP contribution >= 0.6 is 0 Å². The summed E-state index contributed by atoms with van der Waals surface area (Å²) in [6, 6.07) is 20.9. The molecule has 40 heavy (non-hydrogen) atoms. The zero-order chi connectivity index (χ0) is 27.5. The van der Waals surface area contributed by atoms with Gasteiger partial charge in [0.1, 0.15) is 0 Å². The SMILES string of the molecule is CC(=O)N1CCCN(Cc2ccccc2)CCN(C(=O)C2C3CCCCC32)Cc2cc(-c3cccnc3)ccc21. The van der Waals surface area contributed by atoms with E-state index in [1.54, 1.807) is 13.1 Å². The minimum absolute atomic E-state index is 0.0373. The third-order valence-electron chi connectivity index (χ3n) is 9.15. The monoisotopic (exact) mass is 536 g/mol. The van der Waals surface area contributed by atoms with Gasteiger partial charge in [0, 0.05) is 70.2 Å². The van der Waals surface area contributed by atoms with Crippen molar-refractivity contribution in [3.05, 3.63) is 84.2 Å². The normalized spacial score (nSPS) is 23.5. The average molecular weight is 537 g/mol. The molecule has 0 radical (unpaired) electrons. The molecule has 1 aliphatic heterocycles. The number of pyridine rings is 1. The van der Waals surface area contributed by atoms with E-state index in [1.165, 1.54) is 31.2 Å². The van der Waals surface area contributed by atoms with Gasteiger partial charge in [-0.15, -0.1) is 0 Å². The first kappa shape index (κ1) is 26.7. The van der Waals surface area contributed by atoms with Gasteiger partial charge in [0.15, 0.2) is 0 Å². The van der Waals surface area contributed by atoms with E-state index in [2.05, 4.69) is 63.3 Å². The van der Waals surface area contributed by atoms with Crippen LogP contribution in [0.15, 0.2) is 73.1 Å². The van der Waals surface area contributed by atoms with E-state index in [0.717, 1.165) is 48.4 Å². The van der Waals surface area contributed by atoms with Gasteiger partial charge in [-0.1, -0.05) is 55.3 Å². The summed E-state index contributed by atoms with van der Waals surface area (Å²) in [5.41, 5.74) is 5.32. The molecule has 0 bridgehead atoms. The molecule has 2 atom stereocenters. The number of hydrogen-bond acceptors (Lipinski definition) is 4. The Labute approximate surface area is 238 Å². The van der Waals surface area contributed by atoms with Gasteiger partial charge in [-0.05, 0) is 71.6 Å². The van der Waals surface area contributed by atoms with Crippen LogP contribution in [0.5, 0.6) is 0 Å². The molecule has 2 aromatic carbocycles. The molecule has 0 saturated heterocycles. The Kier molecular flexibility index (Phi) is 7.96. The van der Waals surface area contributed by atoms with E-state index in [0.29, 0.717) is 37.4 Å². The number of hydrogen-bond donors (Lipinski definition) is 0. The van der Waals surface area contributed by atoms with Gasteiger partial charge in [0.05, 0.1) is 0 Å². The van der Waals surface area contributed by atoms with Crippen molar-refractivity contribution >= 4 is 17.5 Å². The summed E-state index contributed by atoms with van der Waals surface area (Å²) in [6.45, 7) is 6.05. The summed E-state index contributed by atoms with van der Waals surface area (Å²) in [5, 5.41) is 0. The molecule has 6 heteroatoms. The maximum absolute atomic E-state index is 14.1. The summed E-state index contributed by atoms with van der Waals surface area (Å²) in [6.07, 6.45) is 9.40. The van der Waals surface area contributed by atoms with E-state index in [9.17, 15) is 9.59 Å². The number of fused-ring (bicyclic) bond motifs is 2. The predicted molar refractivity (Wildman–Crippen MR) is 158 cm³/mol. The molecule has 208 valence electrons. The Hall–Kier alpha value is -3.51. The van der Waals surface area contributed by atoms with E-state index < -0.39 is 0 Å². The van der Waals surface area contributed by atoms with Crippen molar-refractivity contribution in [1.29, 1.82) is 0 Å². The number of rotatable bonds is 4. The molecular weight excluding hydrogens is 496 g/mol. The van der Waals surface area contributed by atoms with Crippen LogP contribution < -0.4 is 4.90 Å². The third-order valence-corrected chi connectivity index (χ3v) is 9.15. The fraction of sp³-hybridized carbons (Fsp3) is 0.441. The Balaban J connectivity index is 1.34. The van der Waals surface area contributed by atoms with Crippen LogP contribution in [0.25, 0.3) is 11.1 Å². The molecule has 0 N–H and O–H groups in total. The molecule has 6 rings (SSSR count). The number of anilines is 1. The zero-order valence-electron chi connectivity index (χ0n) is 23.5. The fourth-order valence-electron chi connectivity index (χ4n) is 7.00. The highest BCUT2D eigenvalue weighted by Gasteiger charge is 2.55. The molecule has 2 unspecified atom stereocenters. The molecule has 3 aliphatic rings. The minimum Gasteiger partial charge on any atom is -0.337 e. The molecule has 2 saturated carbocycles. The minimum atomic E-state index is 0.0373. The highest BCUT2D eigenvalue weighted by atomic mass is 16.2. The standard InChI is InChI=1S/C34H40N4O2/c1-25(39)38-18-8-17-36(23-26-9-3-2-4-10-26)19-20-37(34(40)33-30-12-5-6-13-31(30)33)24-29-21-27(14-15-32(29)38)28-11-7-16-35-22-28/h2-4,7,9-11,14-16,21-22,30-31,33H,5-6,8,12-13,17-20,23-24H2,1H3. The number of aromatic nitrogens is 1. The van der Waals surface area contributed by atoms with Gasteiger partial charge in [-0.3, -0.25) is 19.5 Å². The summed E-state index contributed by atoms with van der Waals surface area (Å²) in [4.78, 5) is 37.9. The van der Waals surface area contributed by atoms with E-state index >= 15 is 0 Å². The highest BCUT2D eigenvalue weighted by Crippen LogP contribution is 2.56. The maximum atomic E-state index is 14.1. The number of amides is 2. The first-order valence-corrected chi connectivity index (χ1v) is 14.9. The van der Waals surface area contributed by atoms with Crippen molar-refractivity contribution in [2.24, 2.45) is 17.8 Å². The van der Waals surface area contributed by atoms with Crippen molar-refractivity contribution in [2.75, 3.05) is 31.1 Å². The van der Waals surface area contributed by atoms with Crippen molar-refractivity contribution in [3.63, 3.8) is 0 Å². The van der Waals surface area contributed by atoms with Gasteiger partial charge in [-0.25, -0.2) is 0 Å². The van der Waals surface area contributed by atoms with Gasteiger partial charge in [-0.2, -0.15) is 0 Å².